The Morgan fingerprint density at radius 3 is 2.44 bits per heavy atom. The second-order valence-corrected chi connectivity index (χ2v) is 7.03. The summed E-state index contributed by atoms with van der Waals surface area (Å²) in [6, 6.07) is 0.0899. The Morgan fingerprint density at radius 1 is 1.39 bits per heavy atom. The molecule has 1 aliphatic heterocycles. The van der Waals surface area contributed by atoms with E-state index < -0.39 is 10.8 Å². The van der Waals surface area contributed by atoms with Gasteiger partial charge in [0.25, 0.3) is 0 Å². The van der Waals surface area contributed by atoms with Gasteiger partial charge in [-0.1, -0.05) is 20.8 Å². The van der Waals surface area contributed by atoms with E-state index in [0.717, 1.165) is 12.8 Å². The van der Waals surface area contributed by atoms with Crippen molar-refractivity contribution < 1.29 is 9.00 Å². The standard InChI is InChI=1S/C13H26N2O2S/c1-6-11-14-12(9(2)3)13(16)15(11)10(4)7-8-18(5)17/h9-12,14H,6-8H2,1-5H3. The maximum Gasteiger partial charge on any atom is 0.241 e. The molecule has 1 saturated heterocycles. The monoisotopic (exact) mass is 274 g/mol. The lowest BCUT2D eigenvalue weighted by molar-refractivity contribution is -0.132. The van der Waals surface area contributed by atoms with Crippen LogP contribution in [0.25, 0.3) is 0 Å². The Hall–Kier alpha value is -0.420. The Morgan fingerprint density at radius 2 is 2.00 bits per heavy atom. The van der Waals surface area contributed by atoms with Crippen molar-refractivity contribution in [2.45, 2.75) is 58.8 Å². The van der Waals surface area contributed by atoms with Crippen LogP contribution >= 0.6 is 0 Å². The highest BCUT2D eigenvalue weighted by atomic mass is 32.2. The number of nitrogens with zero attached hydrogens (tertiary/aromatic N) is 1. The van der Waals surface area contributed by atoms with Gasteiger partial charge in [0.1, 0.15) is 0 Å². The molecular weight excluding hydrogens is 248 g/mol. The van der Waals surface area contributed by atoms with E-state index in [9.17, 15) is 9.00 Å². The third kappa shape index (κ3) is 3.54. The van der Waals surface area contributed by atoms with Crippen molar-refractivity contribution in [3.63, 3.8) is 0 Å². The maximum atomic E-state index is 12.4. The zero-order valence-electron chi connectivity index (χ0n) is 12.1. The predicted octanol–water partition coefficient (Wildman–Crippen LogP) is 1.34. The van der Waals surface area contributed by atoms with Crippen LogP contribution in [0.3, 0.4) is 0 Å². The van der Waals surface area contributed by atoms with Crippen molar-refractivity contribution in [2.24, 2.45) is 5.92 Å². The molecule has 1 fully saturated rings. The van der Waals surface area contributed by atoms with E-state index in [0.29, 0.717) is 11.7 Å². The fourth-order valence-electron chi connectivity index (χ4n) is 2.47. The minimum Gasteiger partial charge on any atom is -0.323 e. The van der Waals surface area contributed by atoms with Crippen LogP contribution in [0, 0.1) is 5.92 Å². The summed E-state index contributed by atoms with van der Waals surface area (Å²) in [5, 5.41) is 3.41. The second-order valence-electron chi connectivity index (χ2n) is 5.47. The van der Waals surface area contributed by atoms with E-state index in [1.807, 2.05) is 4.90 Å². The zero-order chi connectivity index (χ0) is 13.9. The molecule has 1 aliphatic rings. The number of rotatable bonds is 6. The van der Waals surface area contributed by atoms with Crippen molar-refractivity contribution in [1.82, 2.24) is 10.2 Å². The van der Waals surface area contributed by atoms with Crippen LogP contribution in [0.15, 0.2) is 0 Å². The normalized spacial score (nSPS) is 27.9. The van der Waals surface area contributed by atoms with Crippen molar-refractivity contribution in [1.29, 1.82) is 0 Å². The summed E-state index contributed by atoms with van der Waals surface area (Å²) in [4.78, 5) is 14.3. The van der Waals surface area contributed by atoms with Crippen LogP contribution in [-0.4, -0.2) is 45.3 Å². The van der Waals surface area contributed by atoms with Gasteiger partial charge in [0, 0.05) is 28.9 Å². The summed E-state index contributed by atoms with van der Waals surface area (Å²) < 4.78 is 11.2. The Balaban J connectivity index is 2.72. The summed E-state index contributed by atoms with van der Waals surface area (Å²) in [7, 11) is -0.787. The first-order valence-corrected chi connectivity index (χ1v) is 8.49. The van der Waals surface area contributed by atoms with Gasteiger partial charge in [0.05, 0.1) is 12.2 Å². The summed E-state index contributed by atoms with van der Waals surface area (Å²) >= 11 is 0. The molecule has 1 N–H and O–H groups in total. The minimum atomic E-state index is -0.787. The quantitative estimate of drug-likeness (QED) is 0.795. The van der Waals surface area contributed by atoms with Gasteiger partial charge < -0.3 is 4.90 Å². The summed E-state index contributed by atoms with van der Waals surface area (Å²) in [5.41, 5.74) is 0. The third-order valence-electron chi connectivity index (χ3n) is 3.58. The summed E-state index contributed by atoms with van der Waals surface area (Å²) in [6.07, 6.45) is 3.56. The van der Waals surface area contributed by atoms with E-state index in [4.69, 9.17) is 0 Å². The van der Waals surface area contributed by atoms with Crippen LogP contribution in [0.4, 0.5) is 0 Å². The smallest absolute Gasteiger partial charge is 0.241 e. The van der Waals surface area contributed by atoms with E-state index in [2.05, 4.69) is 33.0 Å². The van der Waals surface area contributed by atoms with Crippen molar-refractivity contribution >= 4 is 16.7 Å². The summed E-state index contributed by atoms with van der Waals surface area (Å²) in [5.74, 6) is 1.17. The van der Waals surface area contributed by atoms with Gasteiger partial charge in [-0.2, -0.15) is 0 Å². The number of amides is 1. The Labute approximate surface area is 113 Å². The second kappa shape index (κ2) is 6.66. The van der Waals surface area contributed by atoms with Crippen LogP contribution in [0.5, 0.6) is 0 Å². The third-order valence-corrected chi connectivity index (χ3v) is 4.39. The van der Waals surface area contributed by atoms with Gasteiger partial charge in [0.2, 0.25) is 5.91 Å². The molecule has 0 aliphatic carbocycles. The van der Waals surface area contributed by atoms with Crippen molar-refractivity contribution in [2.75, 3.05) is 12.0 Å². The molecule has 0 spiro atoms. The van der Waals surface area contributed by atoms with E-state index in [-0.39, 0.29) is 24.2 Å². The molecule has 0 radical (unpaired) electrons. The van der Waals surface area contributed by atoms with E-state index in [1.165, 1.54) is 0 Å². The highest BCUT2D eigenvalue weighted by Gasteiger charge is 2.41. The van der Waals surface area contributed by atoms with Gasteiger partial charge in [-0.25, -0.2) is 0 Å². The molecule has 0 aromatic rings. The number of nitrogens with one attached hydrogen (secondary N) is 1. The Kier molecular flexibility index (Phi) is 5.79. The molecule has 18 heavy (non-hydrogen) atoms. The van der Waals surface area contributed by atoms with Gasteiger partial charge >= 0.3 is 0 Å². The van der Waals surface area contributed by atoms with Crippen LogP contribution < -0.4 is 5.32 Å². The highest BCUT2D eigenvalue weighted by molar-refractivity contribution is 7.84. The molecule has 0 aromatic carbocycles. The number of carbonyl (C=O) groups excluding carboxylic acids is 1. The predicted molar refractivity (Wildman–Crippen MR) is 75.7 cm³/mol. The lowest BCUT2D eigenvalue weighted by Crippen LogP contribution is -2.43. The lowest BCUT2D eigenvalue weighted by atomic mass is 10.0. The Bertz CT molecular complexity index is 320. The maximum absolute atomic E-state index is 12.4. The van der Waals surface area contributed by atoms with E-state index in [1.54, 1.807) is 6.26 Å². The zero-order valence-corrected chi connectivity index (χ0v) is 12.9. The average molecular weight is 274 g/mol. The fraction of sp³-hybridized carbons (Fsp3) is 0.923. The fourth-order valence-corrected chi connectivity index (χ4v) is 3.14. The largest absolute Gasteiger partial charge is 0.323 e. The molecule has 5 heteroatoms. The first-order valence-electron chi connectivity index (χ1n) is 6.76. The molecule has 106 valence electrons. The molecule has 0 saturated carbocycles. The van der Waals surface area contributed by atoms with E-state index >= 15 is 0 Å². The SMILES string of the molecule is CCC1NC(C(C)C)C(=O)N1C(C)CCS(C)=O. The molecule has 0 bridgehead atoms. The molecule has 4 nitrogen and oxygen atoms in total. The van der Waals surface area contributed by atoms with Gasteiger partial charge in [-0.05, 0) is 25.7 Å². The first kappa shape index (κ1) is 15.6. The number of hydrogen-bond acceptors (Lipinski definition) is 3. The lowest BCUT2D eigenvalue weighted by Gasteiger charge is -2.29. The molecule has 1 amide bonds. The van der Waals surface area contributed by atoms with Crippen LogP contribution in [0.1, 0.15) is 40.5 Å². The van der Waals surface area contributed by atoms with Gasteiger partial charge in [-0.3, -0.25) is 14.3 Å². The van der Waals surface area contributed by atoms with Crippen molar-refractivity contribution in [3.8, 4) is 0 Å². The molecule has 4 atom stereocenters. The first-order chi connectivity index (χ1) is 8.38. The number of hydrogen-bond donors (Lipinski definition) is 1. The molecule has 1 rings (SSSR count). The molecular formula is C13H26N2O2S. The number of carbonyl (C=O) groups is 1. The molecule has 0 aromatic heterocycles. The summed E-state index contributed by atoms with van der Waals surface area (Å²) in [6.45, 7) is 8.28. The molecule has 1 heterocycles. The minimum absolute atomic E-state index is 0.0653. The average Bonchev–Trinajstić information content (AvgIpc) is 2.63. The highest BCUT2D eigenvalue weighted by Crippen LogP contribution is 2.22. The van der Waals surface area contributed by atoms with Gasteiger partial charge in [0.15, 0.2) is 0 Å². The van der Waals surface area contributed by atoms with Crippen LogP contribution in [0.2, 0.25) is 0 Å². The van der Waals surface area contributed by atoms with Crippen LogP contribution in [-0.2, 0) is 15.6 Å². The molecule has 4 unspecified atom stereocenters. The van der Waals surface area contributed by atoms with Crippen molar-refractivity contribution in [3.05, 3.63) is 0 Å². The topological polar surface area (TPSA) is 49.4 Å². The van der Waals surface area contributed by atoms with Gasteiger partial charge in [-0.15, -0.1) is 0 Å².